The molecule has 1 aromatic carbocycles. The van der Waals surface area contributed by atoms with Crippen molar-refractivity contribution in [1.82, 2.24) is 19.8 Å². The van der Waals surface area contributed by atoms with Crippen LogP contribution in [0.2, 0.25) is 5.15 Å². The number of rotatable bonds is 4. The van der Waals surface area contributed by atoms with Crippen molar-refractivity contribution in [2.75, 3.05) is 37.6 Å². The number of nitrogens with zero attached hydrogens (tertiary/aromatic N) is 5. The Bertz CT molecular complexity index is 1290. The van der Waals surface area contributed by atoms with Crippen molar-refractivity contribution in [3.63, 3.8) is 0 Å². The van der Waals surface area contributed by atoms with E-state index in [-0.39, 0.29) is 18.4 Å². The predicted molar refractivity (Wildman–Crippen MR) is 125 cm³/mol. The lowest BCUT2D eigenvalue weighted by atomic mass is 10.1. The average Bonchev–Trinajstić information content (AvgIpc) is 3.10. The molecule has 0 spiro atoms. The van der Waals surface area contributed by atoms with Crippen LogP contribution in [0.15, 0.2) is 48.5 Å². The number of hydrogen-bond acceptors (Lipinski definition) is 7. The number of ether oxygens (including phenoxy) is 1. The van der Waals surface area contributed by atoms with Crippen LogP contribution >= 0.6 is 11.6 Å². The second-order valence-electron chi connectivity index (χ2n) is 8.24. The second kappa shape index (κ2) is 9.00. The van der Waals surface area contributed by atoms with Gasteiger partial charge in [-0.15, -0.1) is 0 Å². The first-order valence-corrected chi connectivity index (χ1v) is 11.3. The number of amides is 2. The molecule has 2 aliphatic heterocycles. The molecular formula is C24H22ClN5O4. The van der Waals surface area contributed by atoms with E-state index < -0.39 is 12.2 Å². The van der Waals surface area contributed by atoms with Gasteiger partial charge in [0.25, 0.3) is 5.91 Å². The van der Waals surface area contributed by atoms with Crippen LogP contribution in [0.3, 0.4) is 0 Å². The lowest BCUT2D eigenvalue weighted by Gasteiger charge is -2.34. The molecule has 1 unspecified atom stereocenters. The van der Waals surface area contributed by atoms with Crippen LogP contribution in [-0.2, 0) is 14.3 Å². The third kappa shape index (κ3) is 4.20. The van der Waals surface area contributed by atoms with Gasteiger partial charge in [0, 0.05) is 49.6 Å². The quantitative estimate of drug-likeness (QED) is 0.419. The zero-order valence-corrected chi connectivity index (χ0v) is 19.2. The van der Waals surface area contributed by atoms with Crippen LogP contribution in [0, 0.1) is 0 Å². The van der Waals surface area contributed by atoms with Crippen molar-refractivity contribution in [3.8, 4) is 0 Å². The molecule has 2 aromatic heterocycles. The van der Waals surface area contributed by atoms with Crippen molar-refractivity contribution in [3.05, 3.63) is 64.8 Å². The number of carbonyl (C=O) groups excluding carboxylic acids is 3. The fraction of sp³-hybridized carbons (Fsp3) is 0.292. The van der Waals surface area contributed by atoms with Crippen molar-refractivity contribution < 1.29 is 19.1 Å². The molecule has 5 rings (SSSR count). The minimum atomic E-state index is -0.946. The molecular weight excluding hydrogens is 458 g/mol. The molecule has 10 heteroatoms. The molecule has 0 radical (unpaired) electrons. The van der Waals surface area contributed by atoms with E-state index in [1.807, 2.05) is 4.90 Å². The number of benzene rings is 1. The van der Waals surface area contributed by atoms with Crippen LogP contribution < -0.4 is 4.90 Å². The summed E-state index contributed by atoms with van der Waals surface area (Å²) in [5.41, 5.74) is 1.45. The van der Waals surface area contributed by atoms with Gasteiger partial charge in [0.2, 0.25) is 12.1 Å². The van der Waals surface area contributed by atoms with E-state index in [4.69, 9.17) is 16.3 Å². The van der Waals surface area contributed by atoms with Gasteiger partial charge in [-0.25, -0.2) is 9.97 Å². The molecule has 0 aliphatic carbocycles. The molecule has 1 atom stereocenters. The van der Waals surface area contributed by atoms with E-state index in [0.29, 0.717) is 53.9 Å². The average molecular weight is 480 g/mol. The first-order valence-electron chi connectivity index (χ1n) is 10.9. The SMILES string of the molecule is CC(=O)N1CCN(CC(=O)OC2c3ccccc3C(=O)N2c2ccc3ccc(Cl)nc3n2)CC1. The number of esters is 1. The Morgan fingerprint density at radius 3 is 2.53 bits per heavy atom. The molecule has 0 saturated carbocycles. The molecule has 2 aliphatic rings. The summed E-state index contributed by atoms with van der Waals surface area (Å²) in [4.78, 5) is 51.5. The van der Waals surface area contributed by atoms with Gasteiger partial charge in [0.15, 0.2) is 5.65 Å². The predicted octanol–water partition coefficient (Wildman–Crippen LogP) is 2.65. The highest BCUT2D eigenvalue weighted by Gasteiger charge is 2.41. The Hall–Kier alpha value is -3.56. The summed E-state index contributed by atoms with van der Waals surface area (Å²) in [6.45, 7) is 3.90. The Morgan fingerprint density at radius 2 is 1.76 bits per heavy atom. The maximum absolute atomic E-state index is 13.3. The summed E-state index contributed by atoms with van der Waals surface area (Å²) >= 11 is 6.02. The molecule has 1 fully saturated rings. The number of piperazine rings is 1. The number of carbonyl (C=O) groups is 3. The van der Waals surface area contributed by atoms with Gasteiger partial charge in [-0.2, -0.15) is 0 Å². The van der Waals surface area contributed by atoms with E-state index in [1.165, 1.54) is 11.8 Å². The Kier molecular flexibility index (Phi) is 5.89. The van der Waals surface area contributed by atoms with Crippen molar-refractivity contribution in [1.29, 1.82) is 0 Å². The number of pyridine rings is 2. The summed E-state index contributed by atoms with van der Waals surface area (Å²) in [7, 11) is 0. The van der Waals surface area contributed by atoms with Gasteiger partial charge in [0.05, 0.1) is 6.54 Å². The van der Waals surface area contributed by atoms with Crippen molar-refractivity contribution in [2.45, 2.75) is 13.2 Å². The number of halogens is 1. The van der Waals surface area contributed by atoms with Crippen LogP contribution in [-0.4, -0.2) is 70.3 Å². The first-order chi connectivity index (χ1) is 16.4. The minimum absolute atomic E-state index is 0.0256. The summed E-state index contributed by atoms with van der Waals surface area (Å²) < 4.78 is 5.85. The molecule has 0 N–H and O–H groups in total. The van der Waals surface area contributed by atoms with E-state index in [1.54, 1.807) is 53.4 Å². The van der Waals surface area contributed by atoms with E-state index in [0.717, 1.165) is 5.39 Å². The summed E-state index contributed by atoms with van der Waals surface area (Å²) in [6, 6.07) is 14.0. The zero-order valence-electron chi connectivity index (χ0n) is 18.5. The Morgan fingerprint density at radius 1 is 1.03 bits per heavy atom. The van der Waals surface area contributed by atoms with E-state index in [9.17, 15) is 14.4 Å². The van der Waals surface area contributed by atoms with Crippen LogP contribution in [0.1, 0.15) is 29.1 Å². The molecule has 1 saturated heterocycles. The number of fused-ring (bicyclic) bond motifs is 2. The third-order valence-corrected chi connectivity index (χ3v) is 6.29. The highest BCUT2D eigenvalue weighted by atomic mass is 35.5. The van der Waals surface area contributed by atoms with Gasteiger partial charge in [-0.3, -0.25) is 24.2 Å². The van der Waals surface area contributed by atoms with Gasteiger partial charge in [0.1, 0.15) is 11.0 Å². The topological polar surface area (TPSA) is 95.9 Å². The standard InChI is InChI=1S/C24H22ClN5O4/c1-15(31)29-12-10-28(11-13-29)14-21(32)34-24-18-5-3-2-4-17(18)23(33)30(24)20-9-7-16-6-8-19(25)26-22(16)27-20/h2-9,24H,10-14H2,1H3. The van der Waals surface area contributed by atoms with Crippen LogP contribution in [0.4, 0.5) is 5.82 Å². The monoisotopic (exact) mass is 479 g/mol. The summed E-state index contributed by atoms with van der Waals surface area (Å²) in [5, 5.41) is 1.07. The maximum atomic E-state index is 13.3. The molecule has 174 valence electrons. The van der Waals surface area contributed by atoms with Gasteiger partial charge in [-0.1, -0.05) is 29.8 Å². The molecule has 3 aromatic rings. The molecule has 2 amide bonds. The fourth-order valence-electron chi connectivity index (χ4n) is 4.29. The zero-order chi connectivity index (χ0) is 23.8. The Labute approximate surface area is 200 Å². The normalized spacial score (nSPS) is 18.3. The number of hydrogen-bond donors (Lipinski definition) is 0. The highest BCUT2D eigenvalue weighted by molar-refractivity contribution is 6.29. The molecule has 0 bridgehead atoms. The van der Waals surface area contributed by atoms with Gasteiger partial charge in [-0.05, 0) is 30.3 Å². The molecule has 9 nitrogen and oxygen atoms in total. The van der Waals surface area contributed by atoms with Gasteiger partial charge >= 0.3 is 5.97 Å². The molecule has 4 heterocycles. The lowest BCUT2D eigenvalue weighted by Crippen LogP contribution is -2.49. The van der Waals surface area contributed by atoms with Crippen molar-refractivity contribution >= 4 is 46.2 Å². The second-order valence-corrected chi connectivity index (χ2v) is 8.62. The summed E-state index contributed by atoms with van der Waals surface area (Å²) in [6.07, 6.45) is -0.946. The summed E-state index contributed by atoms with van der Waals surface area (Å²) in [5.74, 6) is -0.427. The highest BCUT2D eigenvalue weighted by Crippen LogP contribution is 2.38. The lowest BCUT2D eigenvalue weighted by molar-refractivity contribution is -0.150. The number of anilines is 1. The van der Waals surface area contributed by atoms with Crippen molar-refractivity contribution in [2.24, 2.45) is 0 Å². The van der Waals surface area contributed by atoms with Gasteiger partial charge < -0.3 is 9.64 Å². The fourth-order valence-corrected chi connectivity index (χ4v) is 4.43. The van der Waals surface area contributed by atoms with E-state index >= 15 is 0 Å². The smallest absolute Gasteiger partial charge is 0.322 e. The first kappa shape index (κ1) is 22.2. The minimum Gasteiger partial charge on any atom is -0.436 e. The molecule has 34 heavy (non-hydrogen) atoms. The Balaban J connectivity index is 1.39. The van der Waals surface area contributed by atoms with Crippen LogP contribution in [0.5, 0.6) is 0 Å². The number of aromatic nitrogens is 2. The van der Waals surface area contributed by atoms with E-state index in [2.05, 4.69) is 9.97 Å². The maximum Gasteiger partial charge on any atom is 0.322 e. The largest absolute Gasteiger partial charge is 0.436 e. The third-order valence-electron chi connectivity index (χ3n) is 6.07. The van der Waals surface area contributed by atoms with Crippen LogP contribution in [0.25, 0.3) is 11.0 Å².